The number of carbonyl (C=O) groups is 1. The number of hydrogen-bond acceptors (Lipinski definition) is 3. The molecule has 1 aromatic heterocycles. The van der Waals surface area contributed by atoms with Crippen LogP contribution in [0, 0.1) is 6.92 Å². The summed E-state index contributed by atoms with van der Waals surface area (Å²) in [6.07, 6.45) is 2.75. The molecule has 0 aliphatic rings. The molecule has 0 fully saturated rings. The van der Waals surface area contributed by atoms with Crippen LogP contribution in [0.3, 0.4) is 0 Å². The van der Waals surface area contributed by atoms with Crippen molar-refractivity contribution < 1.29 is 35.8 Å². The monoisotopic (exact) mass is 351 g/mol. The van der Waals surface area contributed by atoms with E-state index < -0.39 is 0 Å². The third-order valence-electron chi connectivity index (χ3n) is 3.34. The van der Waals surface area contributed by atoms with Crippen molar-refractivity contribution in [3.05, 3.63) is 53.3 Å². The molecule has 21 heavy (non-hydrogen) atoms. The zero-order valence-corrected chi connectivity index (χ0v) is 13.9. The number of pyridine rings is 1. The number of benzene rings is 1. The quantitative estimate of drug-likeness (QED) is 0.521. The maximum Gasteiger partial charge on any atom is 0.245 e. The Balaban J connectivity index is 0.00000220. The third kappa shape index (κ3) is 3.61. The summed E-state index contributed by atoms with van der Waals surface area (Å²) >= 11 is 0. The third-order valence-corrected chi connectivity index (χ3v) is 3.34. The van der Waals surface area contributed by atoms with Gasteiger partial charge in [0, 0.05) is 23.3 Å². The highest BCUT2D eigenvalue weighted by Crippen LogP contribution is 2.32. The first-order valence-electron chi connectivity index (χ1n) is 6.35. The average molecular weight is 352 g/mol. The van der Waals surface area contributed by atoms with Crippen molar-refractivity contribution in [2.24, 2.45) is 0 Å². The van der Waals surface area contributed by atoms with Crippen LogP contribution >= 0.6 is 0 Å². The molecule has 0 atom stereocenters. The van der Waals surface area contributed by atoms with Gasteiger partial charge in [-0.2, -0.15) is 4.57 Å². The molecular formula is C16H18BrNO3. The molecule has 0 amide bonds. The molecule has 0 saturated carbocycles. The minimum atomic E-state index is 0. The summed E-state index contributed by atoms with van der Waals surface area (Å²) in [5, 5.41) is 0. The van der Waals surface area contributed by atoms with Crippen LogP contribution in [-0.2, 0) is 6.54 Å². The molecule has 112 valence electrons. The maximum absolute atomic E-state index is 11.1. The number of ether oxygens (including phenoxy) is 2. The van der Waals surface area contributed by atoms with E-state index in [9.17, 15) is 4.79 Å². The molecule has 0 unspecified atom stereocenters. The smallest absolute Gasteiger partial charge is 0.245 e. The van der Waals surface area contributed by atoms with Gasteiger partial charge in [0.25, 0.3) is 0 Å². The largest absolute Gasteiger partial charge is 1.00 e. The van der Waals surface area contributed by atoms with Gasteiger partial charge in [-0.05, 0) is 25.1 Å². The molecule has 4 nitrogen and oxygen atoms in total. The van der Waals surface area contributed by atoms with Gasteiger partial charge in [0.2, 0.25) is 12.0 Å². The number of hydrogen-bond donors (Lipinski definition) is 0. The van der Waals surface area contributed by atoms with E-state index in [-0.39, 0.29) is 17.0 Å². The summed E-state index contributed by atoms with van der Waals surface area (Å²) in [4.78, 5) is 11.1. The van der Waals surface area contributed by atoms with E-state index in [1.165, 1.54) is 0 Å². The fourth-order valence-electron chi connectivity index (χ4n) is 2.22. The van der Waals surface area contributed by atoms with Crippen molar-refractivity contribution in [3.8, 4) is 11.5 Å². The van der Waals surface area contributed by atoms with Gasteiger partial charge in [-0.1, -0.05) is 0 Å². The summed E-state index contributed by atoms with van der Waals surface area (Å²) in [5.74, 6) is 1.44. The molecule has 5 heteroatoms. The molecular weight excluding hydrogens is 334 g/mol. The second-order valence-electron chi connectivity index (χ2n) is 4.46. The average Bonchev–Trinajstić information content (AvgIpc) is 2.49. The van der Waals surface area contributed by atoms with Gasteiger partial charge in [0.15, 0.2) is 24.2 Å². The van der Waals surface area contributed by atoms with Crippen LogP contribution in [0.2, 0.25) is 0 Å². The Hall–Kier alpha value is -1.88. The predicted molar refractivity (Wildman–Crippen MR) is 75.4 cm³/mol. The Morgan fingerprint density at radius 1 is 1.14 bits per heavy atom. The molecule has 2 rings (SSSR count). The van der Waals surface area contributed by atoms with Gasteiger partial charge in [-0.3, -0.25) is 4.79 Å². The van der Waals surface area contributed by atoms with Crippen LogP contribution in [0.25, 0.3) is 0 Å². The van der Waals surface area contributed by atoms with Crippen molar-refractivity contribution in [1.82, 2.24) is 0 Å². The summed E-state index contributed by atoms with van der Waals surface area (Å²) < 4.78 is 12.6. The summed E-state index contributed by atoms with van der Waals surface area (Å²) in [7, 11) is 3.24. The maximum atomic E-state index is 11.1. The van der Waals surface area contributed by atoms with E-state index in [1.807, 2.05) is 42.0 Å². The molecule has 1 aromatic carbocycles. The zero-order chi connectivity index (χ0) is 14.5. The second kappa shape index (κ2) is 7.78. The first-order chi connectivity index (χ1) is 9.71. The van der Waals surface area contributed by atoms with Crippen LogP contribution in [0.4, 0.5) is 0 Å². The Morgan fingerprint density at radius 2 is 1.90 bits per heavy atom. The van der Waals surface area contributed by atoms with Gasteiger partial charge in [0.1, 0.15) is 0 Å². The van der Waals surface area contributed by atoms with Gasteiger partial charge in [0.05, 0.1) is 14.2 Å². The highest BCUT2D eigenvalue weighted by molar-refractivity contribution is 5.69. The predicted octanol–water partition coefficient (Wildman–Crippen LogP) is -0.835. The molecule has 2 aromatic rings. The topological polar surface area (TPSA) is 39.4 Å². The van der Waals surface area contributed by atoms with Crippen LogP contribution in [-0.4, -0.2) is 20.5 Å². The first-order valence-corrected chi connectivity index (χ1v) is 6.35. The summed E-state index contributed by atoms with van der Waals surface area (Å²) in [6, 6.07) is 9.42. The van der Waals surface area contributed by atoms with Crippen LogP contribution < -0.4 is 31.0 Å². The lowest BCUT2D eigenvalue weighted by atomic mass is 10.1. The zero-order valence-electron chi connectivity index (χ0n) is 12.3. The Morgan fingerprint density at radius 3 is 2.52 bits per heavy atom. The molecule has 1 heterocycles. The molecule has 0 aliphatic heterocycles. The van der Waals surface area contributed by atoms with Crippen molar-refractivity contribution in [2.75, 3.05) is 14.2 Å². The molecule has 0 radical (unpaired) electrons. The van der Waals surface area contributed by atoms with Gasteiger partial charge < -0.3 is 26.5 Å². The van der Waals surface area contributed by atoms with E-state index in [4.69, 9.17) is 9.47 Å². The molecule has 0 N–H and O–H groups in total. The lowest BCUT2D eigenvalue weighted by Crippen LogP contribution is -3.00. The molecule has 0 saturated heterocycles. The highest BCUT2D eigenvalue weighted by Gasteiger charge is 2.16. The normalized spacial score (nSPS) is 9.67. The number of nitrogens with zero attached hydrogens (tertiary/aromatic N) is 1. The summed E-state index contributed by atoms with van der Waals surface area (Å²) in [5.41, 5.74) is 2.74. The summed E-state index contributed by atoms with van der Waals surface area (Å²) in [6.45, 7) is 2.60. The second-order valence-corrected chi connectivity index (χ2v) is 4.46. The number of halogens is 1. The number of aldehydes is 1. The lowest BCUT2D eigenvalue weighted by Gasteiger charge is -2.13. The van der Waals surface area contributed by atoms with Crippen LogP contribution in [0.1, 0.15) is 21.6 Å². The number of carbonyl (C=O) groups excluding carboxylic acids is 1. The van der Waals surface area contributed by atoms with E-state index >= 15 is 0 Å². The van der Waals surface area contributed by atoms with Crippen molar-refractivity contribution in [3.63, 3.8) is 0 Å². The van der Waals surface area contributed by atoms with E-state index in [1.54, 1.807) is 20.3 Å². The Labute approximate surface area is 135 Å². The van der Waals surface area contributed by atoms with Crippen LogP contribution in [0.15, 0.2) is 36.5 Å². The van der Waals surface area contributed by atoms with E-state index in [0.717, 1.165) is 23.2 Å². The fraction of sp³-hybridized carbons (Fsp3) is 0.250. The van der Waals surface area contributed by atoms with Gasteiger partial charge >= 0.3 is 0 Å². The van der Waals surface area contributed by atoms with Crippen molar-refractivity contribution in [1.29, 1.82) is 0 Å². The van der Waals surface area contributed by atoms with E-state index in [2.05, 4.69) is 0 Å². The Bertz CT molecular complexity index is 629. The van der Waals surface area contributed by atoms with Gasteiger partial charge in [-0.25, -0.2) is 0 Å². The van der Waals surface area contributed by atoms with Crippen LogP contribution in [0.5, 0.6) is 11.5 Å². The minimum absolute atomic E-state index is 0. The van der Waals surface area contributed by atoms with Crippen molar-refractivity contribution >= 4 is 6.29 Å². The highest BCUT2D eigenvalue weighted by atomic mass is 79.9. The lowest BCUT2D eigenvalue weighted by molar-refractivity contribution is -0.689. The Kier molecular flexibility index (Phi) is 6.37. The number of aromatic nitrogens is 1. The van der Waals surface area contributed by atoms with E-state index in [0.29, 0.717) is 18.0 Å². The minimum Gasteiger partial charge on any atom is -1.00 e. The number of methoxy groups -OCH3 is 2. The first kappa shape index (κ1) is 17.2. The molecule has 0 spiro atoms. The van der Waals surface area contributed by atoms with Gasteiger partial charge in [-0.15, -0.1) is 0 Å². The SMILES string of the molecule is COc1ccc(C[n+]2ccccc2C=O)c(C)c1OC.[Br-]. The van der Waals surface area contributed by atoms with Crippen molar-refractivity contribution in [2.45, 2.75) is 13.5 Å². The fourth-order valence-corrected chi connectivity index (χ4v) is 2.22. The molecule has 0 bridgehead atoms. The molecule has 0 aliphatic carbocycles. The number of rotatable bonds is 5. The standard InChI is InChI=1S/C16H18NO3.BrH/c1-12-13(7-8-15(19-2)16(12)20-3)10-17-9-5-4-6-14(17)11-18;/h4-9,11H,10H2,1-3H3;1H/q+1;/p-1.